The van der Waals surface area contributed by atoms with Crippen LogP contribution in [0.4, 0.5) is 0 Å². The molecule has 1 aromatic rings. The number of nitrogens with zero attached hydrogens (tertiary/aromatic N) is 2. The van der Waals surface area contributed by atoms with Crippen LogP contribution in [0.3, 0.4) is 0 Å². The van der Waals surface area contributed by atoms with Crippen molar-refractivity contribution in [2.24, 2.45) is 0 Å². The number of hydrogen-bond donors (Lipinski definition) is 0. The minimum absolute atomic E-state index is 0.261. The minimum atomic E-state index is -0.753. The molecule has 66 valence electrons. The second kappa shape index (κ2) is 2.70. The Hall–Kier alpha value is -2.18. The standard InChI is InChI=1S/C6H2N2O5/c9-3-1-2-4(10)12-6-5(11-3)7-8-13-6/h1-2H/b2-1+. The molecule has 7 nitrogen and oxygen atoms in total. The lowest BCUT2D eigenvalue weighted by Crippen LogP contribution is -2.12. The second-order valence-corrected chi connectivity index (χ2v) is 2.04. The van der Waals surface area contributed by atoms with Gasteiger partial charge >= 0.3 is 23.8 Å². The number of rotatable bonds is 0. The SMILES string of the molecule is O=C1/C=C/C(=O)Oc2onnc2O1. The molecule has 2 heterocycles. The second-order valence-electron chi connectivity index (χ2n) is 2.04. The normalized spacial score (nSPS) is 17.8. The maximum Gasteiger partial charge on any atom is 0.385 e. The van der Waals surface area contributed by atoms with Gasteiger partial charge in [-0.3, -0.25) is 4.52 Å². The van der Waals surface area contributed by atoms with Gasteiger partial charge in [-0.05, 0) is 0 Å². The van der Waals surface area contributed by atoms with Crippen LogP contribution < -0.4 is 9.47 Å². The number of carbonyl (C=O) groups excluding carboxylic acids is 2. The number of hydrogen-bond acceptors (Lipinski definition) is 7. The topological polar surface area (TPSA) is 91.5 Å². The highest BCUT2D eigenvalue weighted by atomic mass is 16.7. The fourth-order valence-electron chi connectivity index (χ4n) is 0.690. The highest BCUT2D eigenvalue weighted by Crippen LogP contribution is 2.24. The quantitative estimate of drug-likeness (QED) is 0.497. The molecule has 1 aromatic heterocycles. The Morgan fingerprint density at radius 2 is 1.77 bits per heavy atom. The van der Waals surface area contributed by atoms with Crippen molar-refractivity contribution in [1.29, 1.82) is 0 Å². The van der Waals surface area contributed by atoms with Crippen LogP contribution in [0, 0.1) is 0 Å². The molecule has 0 saturated carbocycles. The maximum absolute atomic E-state index is 10.8. The minimum Gasteiger partial charge on any atom is -0.396 e. The van der Waals surface area contributed by atoms with Crippen molar-refractivity contribution >= 4 is 11.9 Å². The van der Waals surface area contributed by atoms with E-state index in [-0.39, 0.29) is 11.8 Å². The average Bonchev–Trinajstić information content (AvgIpc) is 2.47. The van der Waals surface area contributed by atoms with Crippen LogP contribution in [0.25, 0.3) is 0 Å². The molecule has 2 rings (SSSR count). The molecular weight excluding hydrogens is 180 g/mol. The van der Waals surface area contributed by atoms with Crippen LogP contribution in [0.15, 0.2) is 16.7 Å². The predicted molar refractivity (Wildman–Crippen MR) is 34.7 cm³/mol. The zero-order chi connectivity index (χ0) is 9.26. The summed E-state index contributed by atoms with van der Waals surface area (Å²) < 4.78 is 13.5. The Morgan fingerprint density at radius 3 is 2.54 bits per heavy atom. The molecule has 0 bridgehead atoms. The van der Waals surface area contributed by atoms with Crippen molar-refractivity contribution in [2.45, 2.75) is 0 Å². The van der Waals surface area contributed by atoms with Gasteiger partial charge in [0.1, 0.15) is 0 Å². The molecule has 0 N–H and O–H groups in total. The maximum atomic E-state index is 10.8. The Bertz CT molecular complexity index is 359. The number of ether oxygens (including phenoxy) is 2. The zero-order valence-electron chi connectivity index (χ0n) is 6.09. The molecule has 0 saturated heterocycles. The third-order valence-electron chi connectivity index (χ3n) is 1.18. The summed E-state index contributed by atoms with van der Waals surface area (Å²) in [5.41, 5.74) is 0. The lowest BCUT2D eigenvalue weighted by molar-refractivity contribution is -0.134. The first-order chi connectivity index (χ1) is 6.25. The van der Waals surface area contributed by atoms with Gasteiger partial charge in [0.2, 0.25) is 0 Å². The number of carbonyl (C=O) groups is 2. The molecule has 1 aliphatic heterocycles. The smallest absolute Gasteiger partial charge is 0.385 e. The molecule has 0 aromatic carbocycles. The van der Waals surface area contributed by atoms with Crippen molar-refractivity contribution in [3.8, 4) is 11.8 Å². The van der Waals surface area contributed by atoms with Crippen molar-refractivity contribution in [2.75, 3.05) is 0 Å². The fourth-order valence-corrected chi connectivity index (χ4v) is 0.690. The summed E-state index contributed by atoms with van der Waals surface area (Å²) in [6, 6.07) is 0. The molecule has 13 heavy (non-hydrogen) atoms. The zero-order valence-corrected chi connectivity index (χ0v) is 6.09. The fraction of sp³-hybridized carbons (Fsp3) is 0. The van der Waals surface area contributed by atoms with E-state index >= 15 is 0 Å². The van der Waals surface area contributed by atoms with Gasteiger partial charge in [-0.1, -0.05) is 5.10 Å². The molecule has 0 aliphatic carbocycles. The van der Waals surface area contributed by atoms with E-state index in [1.807, 2.05) is 0 Å². The van der Waals surface area contributed by atoms with Gasteiger partial charge in [-0.2, -0.15) is 0 Å². The van der Waals surface area contributed by atoms with Gasteiger partial charge in [0.05, 0.1) is 0 Å². The average molecular weight is 182 g/mol. The summed E-state index contributed by atoms with van der Waals surface area (Å²) in [6.07, 6.45) is 1.83. The number of fused-ring (bicyclic) bond motifs is 1. The van der Waals surface area contributed by atoms with Gasteiger partial charge in [-0.25, -0.2) is 9.59 Å². The van der Waals surface area contributed by atoms with Gasteiger partial charge in [0.15, 0.2) is 0 Å². The monoisotopic (exact) mass is 182 g/mol. The van der Waals surface area contributed by atoms with Gasteiger partial charge in [0.25, 0.3) is 0 Å². The summed E-state index contributed by atoms with van der Waals surface area (Å²) in [5, 5.41) is 6.32. The van der Waals surface area contributed by atoms with Crippen LogP contribution in [0.1, 0.15) is 0 Å². The first-order valence-corrected chi connectivity index (χ1v) is 3.20. The molecule has 7 heteroatoms. The Kier molecular flexibility index (Phi) is 1.55. The number of esters is 2. The molecule has 1 aliphatic rings. The lowest BCUT2D eigenvalue weighted by atomic mass is 10.5. The summed E-state index contributed by atoms with van der Waals surface area (Å²) >= 11 is 0. The molecule has 0 fully saturated rings. The van der Waals surface area contributed by atoms with E-state index in [9.17, 15) is 9.59 Å². The molecule has 0 atom stereocenters. The van der Waals surface area contributed by atoms with E-state index in [2.05, 4.69) is 24.4 Å². The van der Waals surface area contributed by atoms with Gasteiger partial charge < -0.3 is 9.47 Å². The van der Waals surface area contributed by atoms with E-state index in [4.69, 9.17) is 0 Å². The van der Waals surface area contributed by atoms with Gasteiger partial charge in [0, 0.05) is 17.4 Å². The summed E-state index contributed by atoms with van der Waals surface area (Å²) in [7, 11) is 0. The van der Waals surface area contributed by atoms with Crippen LogP contribution in [-0.4, -0.2) is 22.3 Å². The highest BCUT2D eigenvalue weighted by Gasteiger charge is 2.20. The van der Waals surface area contributed by atoms with Crippen molar-refractivity contribution < 1.29 is 23.6 Å². The van der Waals surface area contributed by atoms with E-state index in [0.29, 0.717) is 0 Å². The molecule has 0 unspecified atom stereocenters. The van der Waals surface area contributed by atoms with E-state index in [1.54, 1.807) is 0 Å². The van der Waals surface area contributed by atoms with E-state index in [0.717, 1.165) is 12.2 Å². The van der Waals surface area contributed by atoms with Crippen molar-refractivity contribution in [3.05, 3.63) is 12.2 Å². The Labute approximate surface area is 70.9 Å². The van der Waals surface area contributed by atoms with Crippen LogP contribution in [0.2, 0.25) is 0 Å². The van der Waals surface area contributed by atoms with Crippen molar-refractivity contribution in [3.63, 3.8) is 0 Å². The first-order valence-electron chi connectivity index (χ1n) is 3.20. The van der Waals surface area contributed by atoms with Crippen LogP contribution in [0.5, 0.6) is 11.8 Å². The van der Waals surface area contributed by atoms with E-state index in [1.165, 1.54) is 0 Å². The Morgan fingerprint density at radius 1 is 1.08 bits per heavy atom. The van der Waals surface area contributed by atoms with Crippen LogP contribution in [-0.2, 0) is 9.59 Å². The molecule has 0 radical (unpaired) electrons. The third kappa shape index (κ3) is 1.39. The molecular formula is C6H2N2O5. The summed E-state index contributed by atoms with van der Waals surface area (Å²) in [5.74, 6) is -2.09. The molecule has 0 spiro atoms. The van der Waals surface area contributed by atoms with E-state index < -0.39 is 11.9 Å². The largest absolute Gasteiger partial charge is 0.396 e. The Balaban J connectivity index is 2.40. The summed E-state index contributed by atoms with van der Waals surface area (Å²) in [6.45, 7) is 0. The lowest BCUT2D eigenvalue weighted by Gasteiger charge is -2.00. The number of aromatic nitrogens is 2. The van der Waals surface area contributed by atoms with Crippen LogP contribution >= 0.6 is 0 Å². The predicted octanol–water partition coefficient (Wildman–Crippen LogP) is -0.550. The van der Waals surface area contributed by atoms with Crippen molar-refractivity contribution in [1.82, 2.24) is 10.4 Å². The third-order valence-corrected chi connectivity index (χ3v) is 1.18. The highest BCUT2D eigenvalue weighted by molar-refractivity contribution is 5.94. The van der Waals surface area contributed by atoms with Gasteiger partial charge in [-0.15, -0.1) is 0 Å². The molecule has 0 amide bonds. The first kappa shape index (κ1) is 7.47. The summed E-state index contributed by atoms with van der Waals surface area (Å²) in [4.78, 5) is 21.6.